The van der Waals surface area contributed by atoms with Gasteiger partial charge in [-0.05, 0) is 0 Å². The Balaban J connectivity index is 0.000000810. The minimum Gasteiger partial charge on any atom is -0.396 e. The van der Waals surface area contributed by atoms with Crippen LogP contribution in [-0.2, 0) is 4.79 Å². The zero-order valence-electron chi connectivity index (χ0n) is 5.67. The van der Waals surface area contributed by atoms with Crippen molar-refractivity contribution < 1.29 is 9.90 Å². The molecule has 0 aromatic carbocycles. The van der Waals surface area contributed by atoms with Gasteiger partial charge >= 0.3 is 0 Å². The molecule has 10 heavy (non-hydrogen) atoms. The molecule has 3 nitrogen and oxygen atoms in total. The van der Waals surface area contributed by atoms with Crippen molar-refractivity contribution in [1.82, 2.24) is 0 Å². The summed E-state index contributed by atoms with van der Waals surface area (Å²) < 4.78 is 0. The van der Waals surface area contributed by atoms with Crippen molar-refractivity contribution in [3.63, 3.8) is 0 Å². The Labute approximate surface area is 66.0 Å². The third-order valence-corrected chi connectivity index (χ3v) is 1.91. The first-order valence-electron chi connectivity index (χ1n) is 3.05. The maximum Gasteiger partial charge on any atom is 0.134 e. The molecule has 0 atom stereocenters. The van der Waals surface area contributed by atoms with E-state index in [2.05, 4.69) is 0 Å². The van der Waals surface area contributed by atoms with Gasteiger partial charge in [-0.3, -0.25) is 4.79 Å². The lowest BCUT2D eigenvalue weighted by Crippen LogP contribution is -2.46. The molecule has 4 heteroatoms. The van der Waals surface area contributed by atoms with E-state index in [1.54, 1.807) is 0 Å². The monoisotopic (exact) mass is 165 g/mol. The summed E-state index contributed by atoms with van der Waals surface area (Å²) in [6.45, 7) is 0.477. The largest absolute Gasteiger partial charge is 0.396 e. The fraction of sp³-hybridized carbons (Fsp3) is 0.833. The van der Waals surface area contributed by atoms with Gasteiger partial charge in [0.25, 0.3) is 0 Å². The minimum absolute atomic E-state index is 0. The zero-order valence-corrected chi connectivity index (χ0v) is 6.49. The number of aliphatic hydroxyl groups is 1. The summed E-state index contributed by atoms with van der Waals surface area (Å²) in [5.41, 5.74) is 5.09. The van der Waals surface area contributed by atoms with Crippen LogP contribution in [0.2, 0.25) is 0 Å². The minimum atomic E-state index is -0.239. The van der Waals surface area contributed by atoms with Crippen LogP contribution < -0.4 is 5.73 Å². The molecule has 3 N–H and O–H groups in total. The summed E-state index contributed by atoms with van der Waals surface area (Å²) >= 11 is 0. The van der Waals surface area contributed by atoms with Crippen molar-refractivity contribution in [2.24, 2.45) is 11.1 Å². The van der Waals surface area contributed by atoms with Gasteiger partial charge in [-0.25, -0.2) is 0 Å². The summed E-state index contributed by atoms with van der Waals surface area (Å²) in [5.74, 6) is 0.217. The molecule has 1 aliphatic rings. The Hall–Kier alpha value is -0.120. The molecule has 0 spiro atoms. The Bertz CT molecular complexity index is 124. The highest BCUT2D eigenvalue weighted by Gasteiger charge is 2.41. The Morgan fingerprint density at radius 1 is 1.60 bits per heavy atom. The fourth-order valence-electron chi connectivity index (χ4n) is 1.11. The molecule has 0 bridgehead atoms. The van der Waals surface area contributed by atoms with Crippen LogP contribution in [0.4, 0.5) is 0 Å². The van der Waals surface area contributed by atoms with Gasteiger partial charge in [-0.15, -0.1) is 12.4 Å². The first-order valence-corrected chi connectivity index (χ1v) is 3.05. The summed E-state index contributed by atoms with van der Waals surface area (Å²) in [7, 11) is 0. The van der Waals surface area contributed by atoms with Gasteiger partial charge in [0.1, 0.15) is 5.78 Å². The maximum absolute atomic E-state index is 10.5. The molecular formula is C6H12ClNO2. The van der Waals surface area contributed by atoms with Crippen molar-refractivity contribution in [2.45, 2.75) is 12.8 Å². The molecule has 0 radical (unpaired) electrons. The fourth-order valence-corrected chi connectivity index (χ4v) is 1.11. The number of nitrogens with two attached hydrogens (primary N) is 1. The smallest absolute Gasteiger partial charge is 0.134 e. The van der Waals surface area contributed by atoms with Gasteiger partial charge in [0.15, 0.2) is 0 Å². The van der Waals surface area contributed by atoms with Crippen LogP contribution >= 0.6 is 12.4 Å². The van der Waals surface area contributed by atoms with Crippen LogP contribution in [0.25, 0.3) is 0 Å². The third kappa shape index (κ3) is 1.48. The van der Waals surface area contributed by atoms with Crippen molar-refractivity contribution >= 4 is 18.2 Å². The maximum atomic E-state index is 10.5. The molecule has 0 unspecified atom stereocenters. The molecule has 60 valence electrons. The van der Waals surface area contributed by atoms with Crippen LogP contribution in [-0.4, -0.2) is 24.0 Å². The van der Waals surface area contributed by atoms with E-state index in [4.69, 9.17) is 10.8 Å². The quantitative estimate of drug-likeness (QED) is 0.591. The third-order valence-electron chi connectivity index (χ3n) is 1.91. The van der Waals surface area contributed by atoms with Crippen LogP contribution in [0.1, 0.15) is 12.8 Å². The highest BCUT2D eigenvalue weighted by Crippen LogP contribution is 2.35. The van der Waals surface area contributed by atoms with Gasteiger partial charge in [-0.1, -0.05) is 0 Å². The Morgan fingerprint density at radius 2 is 2.10 bits per heavy atom. The first kappa shape index (κ1) is 9.88. The summed E-state index contributed by atoms with van der Waals surface area (Å²) in [6, 6.07) is 0. The number of aliphatic hydroxyl groups excluding tert-OH is 1. The molecule has 1 aliphatic carbocycles. The van der Waals surface area contributed by atoms with Crippen LogP contribution in [0.15, 0.2) is 0 Å². The number of ketones is 1. The summed E-state index contributed by atoms with van der Waals surface area (Å²) in [6.07, 6.45) is 0.944. The molecule has 0 amide bonds. The van der Waals surface area contributed by atoms with Gasteiger partial charge in [0.2, 0.25) is 0 Å². The lowest BCUT2D eigenvalue weighted by atomic mass is 9.68. The lowest BCUT2D eigenvalue weighted by Gasteiger charge is -2.37. The standard InChI is InChI=1S/C6H11NO2.ClH/c7-3-6(4-8)1-5(9)2-6;/h8H,1-4,7H2;1H. The van der Waals surface area contributed by atoms with Gasteiger partial charge in [-0.2, -0.15) is 0 Å². The molecule has 0 aromatic heterocycles. The van der Waals surface area contributed by atoms with Crippen LogP contribution in [0.3, 0.4) is 0 Å². The van der Waals surface area contributed by atoms with Crippen molar-refractivity contribution in [2.75, 3.05) is 13.2 Å². The van der Waals surface area contributed by atoms with Crippen molar-refractivity contribution in [3.8, 4) is 0 Å². The number of hydrogen-bond donors (Lipinski definition) is 2. The molecule has 0 aliphatic heterocycles. The number of Topliss-reactive ketones (excluding diaryl/α,β-unsaturated/α-hetero) is 1. The zero-order chi connectivity index (χ0) is 6.91. The number of halogens is 1. The molecular weight excluding hydrogens is 154 g/mol. The average molecular weight is 166 g/mol. The van der Waals surface area contributed by atoms with E-state index in [0.717, 1.165) is 0 Å². The van der Waals surface area contributed by atoms with Gasteiger partial charge < -0.3 is 10.8 Å². The molecule has 0 saturated heterocycles. The molecule has 1 saturated carbocycles. The number of rotatable bonds is 2. The SMILES string of the molecule is Cl.NCC1(CO)CC(=O)C1. The van der Waals surface area contributed by atoms with E-state index in [1.807, 2.05) is 0 Å². The van der Waals surface area contributed by atoms with E-state index in [0.29, 0.717) is 19.4 Å². The summed E-state index contributed by atoms with van der Waals surface area (Å²) in [4.78, 5) is 10.5. The second-order valence-corrected chi connectivity index (χ2v) is 2.75. The Morgan fingerprint density at radius 3 is 2.20 bits per heavy atom. The first-order chi connectivity index (χ1) is 4.22. The van der Waals surface area contributed by atoms with E-state index in [1.165, 1.54) is 0 Å². The highest BCUT2D eigenvalue weighted by atomic mass is 35.5. The van der Waals surface area contributed by atoms with Crippen molar-refractivity contribution in [1.29, 1.82) is 0 Å². The predicted molar refractivity (Wildman–Crippen MR) is 40.1 cm³/mol. The molecule has 0 aromatic rings. The Kier molecular flexibility index (Phi) is 3.28. The van der Waals surface area contributed by atoms with Crippen LogP contribution in [0.5, 0.6) is 0 Å². The summed E-state index contributed by atoms with van der Waals surface area (Å²) in [5, 5.41) is 8.72. The van der Waals surface area contributed by atoms with Crippen LogP contribution in [0, 0.1) is 5.41 Å². The molecule has 1 rings (SSSR count). The second kappa shape index (κ2) is 3.32. The average Bonchev–Trinajstić information content (AvgIpc) is 1.81. The van der Waals surface area contributed by atoms with Crippen molar-refractivity contribution in [3.05, 3.63) is 0 Å². The predicted octanol–water partition coefficient (Wildman–Crippen LogP) is -0.292. The normalized spacial score (nSPS) is 21.2. The number of hydrogen-bond acceptors (Lipinski definition) is 3. The highest BCUT2D eigenvalue weighted by molar-refractivity contribution is 5.86. The van der Waals surface area contributed by atoms with Gasteiger partial charge in [0, 0.05) is 24.8 Å². The van der Waals surface area contributed by atoms with E-state index in [-0.39, 0.29) is 30.2 Å². The number of carbonyl (C=O) groups is 1. The van der Waals surface area contributed by atoms with E-state index in [9.17, 15) is 4.79 Å². The second-order valence-electron chi connectivity index (χ2n) is 2.75. The topological polar surface area (TPSA) is 63.3 Å². The lowest BCUT2D eigenvalue weighted by molar-refractivity contribution is -0.134. The molecule has 1 fully saturated rings. The van der Waals surface area contributed by atoms with E-state index < -0.39 is 0 Å². The van der Waals surface area contributed by atoms with Gasteiger partial charge in [0.05, 0.1) is 6.61 Å². The molecule has 0 heterocycles. The van der Waals surface area contributed by atoms with E-state index >= 15 is 0 Å². The number of carbonyl (C=O) groups excluding carboxylic acids is 1.